The van der Waals surface area contributed by atoms with Gasteiger partial charge in [-0.15, -0.1) is 10.2 Å². The van der Waals surface area contributed by atoms with Crippen LogP contribution in [0.3, 0.4) is 0 Å². The van der Waals surface area contributed by atoms with Crippen LogP contribution >= 0.6 is 0 Å². The standard InChI is InChI=1S/C71H76N12O6/c1-44(2)56-31-48(37-78-39-52(72-74-78)41-80-62-19-15-13-17-60(62)68(9,10)70(80)27-25-50-35-54(82(84)85)21-23-64(50)88-70)32-57(45(3)4)66(56)76-29-30-77(43-76)67-58(46(5)6)33-49(34-59(67)47(7)8)38-79-40-53(73-75-79)42-81-63-20-16-14-18-61(63)69(11,12)71(81)28-26-51-36-55(83(86)87)22-24-65(51)89-71/h13-28,31-36,39-40,44-47H,29-30,37-38,41-42H2,1-12H3. The van der Waals surface area contributed by atoms with Gasteiger partial charge < -0.3 is 29.1 Å². The molecule has 1 saturated heterocycles. The third-order valence-electron chi connectivity index (χ3n) is 19.0. The van der Waals surface area contributed by atoms with Gasteiger partial charge in [0.15, 0.2) is 0 Å². The molecule has 7 heterocycles. The minimum atomic E-state index is -0.941. The molecule has 2 radical (unpaired) electrons. The number of ether oxygens (including phenoxy) is 2. The van der Waals surface area contributed by atoms with E-state index in [0.717, 1.165) is 58.1 Å². The van der Waals surface area contributed by atoms with E-state index in [1.54, 1.807) is 24.3 Å². The minimum absolute atomic E-state index is 0.0193. The molecule has 0 aliphatic carbocycles. The van der Waals surface area contributed by atoms with Crippen LogP contribution in [0.5, 0.6) is 11.5 Å². The molecule has 2 spiro atoms. The molecule has 18 heteroatoms. The second-order valence-corrected chi connectivity index (χ2v) is 26.8. The van der Waals surface area contributed by atoms with Crippen molar-refractivity contribution >= 4 is 46.3 Å². The molecule has 456 valence electrons. The Bertz CT molecular complexity index is 3870. The summed E-state index contributed by atoms with van der Waals surface area (Å²) in [5.74, 6) is 2.05. The van der Waals surface area contributed by atoms with Crippen LogP contribution in [-0.2, 0) is 37.0 Å². The zero-order valence-electron chi connectivity index (χ0n) is 52.7. The van der Waals surface area contributed by atoms with Crippen molar-refractivity contribution in [2.75, 3.05) is 32.7 Å². The molecule has 0 amide bonds. The van der Waals surface area contributed by atoms with Gasteiger partial charge in [0, 0.05) is 71.2 Å². The number of hydrogen-bond donors (Lipinski definition) is 0. The van der Waals surface area contributed by atoms with E-state index >= 15 is 0 Å². The van der Waals surface area contributed by atoms with Crippen molar-refractivity contribution in [1.29, 1.82) is 0 Å². The van der Waals surface area contributed by atoms with Crippen LogP contribution in [0.2, 0.25) is 0 Å². The number of nitro groups is 2. The van der Waals surface area contributed by atoms with Crippen LogP contribution < -0.4 is 29.1 Å². The minimum Gasteiger partial charge on any atom is -0.463 e. The van der Waals surface area contributed by atoms with Crippen molar-refractivity contribution in [2.45, 2.75) is 155 Å². The Morgan fingerprint density at radius 3 is 1.25 bits per heavy atom. The van der Waals surface area contributed by atoms with Gasteiger partial charge in [-0.25, -0.2) is 9.36 Å². The normalized spacial score (nSPS) is 19.2. The maximum atomic E-state index is 11.7. The van der Waals surface area contributed by atoms with E-state index in [1.165, 1.54) is 45.8 Å². The highest BCUT2D eigenvalue weighted by Crippen LogP contribution is 2.57. The molecule has 8 aromatic rings. The number of anilines is 4. The van der Waals surface area contributed by atoms with Gasteiger partial charge in [-0.3, -0.25) is 20.2 Å². The molecular weight excluding hydrogens is 1120 g/mol. The van der Waals surface area contributed by atoms with Gasteiger partial charge in [-0.05, 0) is 144 Å². The molecule has 2 atom stereocenters. The molecule has 2 unspecified atom stereocenters. The van der Waals surface area contributed by atoms with Gasteiger partial charge >= 0.3 is 0 Å². The van der Waals surface area contributed by atoms with E-state index in [4.69, 9.17) is 30.1 Å². The Kier molecular flexibility index (Phi) is 14.4. The molecule has 5 aliphatic rings. The predicted octanol–water partition coefficient (Wildman–Crippen LogP) is 14.8. The van der Waals surface area contributed by atoms with E-state index < -0.39 is 22.3 Å². The Morgan fingerprint density at radius 2 is 0.888 bits per heavy atom. The van der Waals surface area contributed by atoms with Crippen molar-refractivity contribution in [1.82, 2.24) is 30.0 Å². The number of nitro benzene ring substituents is 2. The number of non-ortho nitro benzene ring substituents is 2. The van der Waals surface area contributed by atoms with Crippen LogP contribution in [0.1, 0.15) is 174 Å². The first-order valence-electron chi connectivity index (χ1n) is 31.0. The first-order valence-corrected chi connectivity index (χ1v) is 31.0. The zero-order chi connectivity index (χ0) is 62.6. The van der Waals surface area contributed by atoms with Gasteiger partial charge in [0.25, 0.3) is 11.4 Å². The summed E-state index contributed by atoms with van der Waals surface area (Å²) in [4.78, 5) is 31.8. The molecule has 18 nitrogen and oxygen atoms in total. The predicted molar refractivity (Wildman–Crippen MR) is 348 cm³/mol. The maximum absolute atomic E-state index is 11.7. The molecule has 0 N–H and O–H groups in total. The highest BCUT2D eigenvalue weighted by atomic mass is 16.6. The highest BCUT2D eigenvalue weighted by Gasteiger charge is 2.60. The lowest BCUT2D eigenvalue weighted by molar-refractivity contribution is -0.385. The summed E-state index contributed by atoms with van der Waals surface area (Å²) < 4.78 is 17.9. The van der Waals surface area contributed by atoms with Crippen LogP contribution in [-0.4, -0.2) is 64.4 Å². The Labute approximate surface area is 520 Å². The smallest absolute Gasteiger partial charge is 0.270 e. The zero-order valence-corrected chi connectivity index (χ0v) is 52.7. The van der Waals surface area contributed by atoms with Crippen LogP contribution in [0.15, 0.2) is 134 Å². The summed E-state index contributed by atoms with van der Waals surface area (Å²) in [6.07, 6.45) is 12.0. The fraction of sp³-hybridized carbons (Fsp3) is 0.366. The Morgan fingerprint density at radius 1 is 0.517 bits per heavy atom. The summed E-state index contributed by atoms with van der Waals surface area (Å²) in [5.41, 5.74) is 14.1. The number of hydrogen-bond acceptors (Lipinski definition) is 14. The molecule has 0 saturated carbocycles. The molecule has 1 fully saturated rings. The highest BCUT2D eigenvalue weighted by molar-refractivity contribution is 5.76. The third-order valence-corrected chi connectivity index (χ3v) is 19.0. The lowest BCUT2D eigenvalue weighted by Gasteiger charge is -2.47. The van der Waals surface area contributed by atoms with Gasteiger partial charge in [0.05, 0.1) is 59.2 Å². The van der Waals surface area contributed by atoms with Crippen molar-refractivity contribution in [3.05, 3.63) is 228 Å². The van der Waals surface area contributed by atoms with Gasteiger partial charge in [0.1, 0.15) is 22.9 Å². The number of benzene rings is 6. The molecule has 13 rings (SSSR count). The monoisotopic (exact) mass is 1190 g/mol. The summed E-state index contributed by atoms with van der Waals surface area (Å²) >= 11 is 0. The average molecular weight is 1190 g/mol. The van der Waals surface area contributed by atoms with Crippen LogP contribution in [0.25, 0.3) is 12.2 Å². The van der Waals surface area contributed by atoms with E-state index in [0.29, 0.717) is 48.8 Å². The van der Waals surface area contributed by atoms with E-state index in [-0.39, 0.29) is 44.9 Å². The second kappa shape index (κ2) is 21.8. The van der Waals surface area contributed by atoms with Crippen LogP contribution in [0, 0.1) is 26.9 Å². The first-order chi connectivity index (χ1) is 42.5. The molecule has 6 aromatic carbocycles. The molecule has 2 aromatic heterocycles. The fourth-order valence-corrected chi connectivity index (χ4v) is 14.3. The molecule has 5 aliphatic heterocycles. The van der Waals surface area contributed by atoms with Crippen molar-refractivity contribution in [2.24, 2.45) is 0 Å². The lowest BCUT2D eigenvalue weighted by Crippen LogP contribution is -2.59. The van der Waals surface area contributed by atoms with Gasteiger partial charge in [-0.2, -0.15) is 0 Å². The molecule has 89 heavy (non-hydrogen) atoms. The lowest BCUT2D eigenvalue weighted by atomic mass is 9.76. The largest absolute Gasteiger partial charge is 0.463 e. The van der Waals surface area contributed by atoms with E-state index in [1.807, 2.05) is 58.2 Å². The summed E-state index contributed by atoms with van der Waals surface area (Å²) in [7, 11) is 0. The van der Waals surface area contributed by atoms with Crippen molar-refractivity contribution in [3.63, 3.8) is 0 Å². The number of aromatic nitrogens is 6. The second-order valence-electron chi connectivity index (χ2n) is 26.8. The molecule has 0 bridgehead atoms. The maximum Gasteiger partial charge on any atom is 0.270 e. The van der Waals surface area contributed by atoms with Gasteiger partial charge in [-0.1, -0.05) is 126 Å². The number of para-hydroxylation sites is 2. The molecular formula is C71H76N12O6. The average Bonchev–Trinajstić information content (AvgIpc) is 1.57. The van der Waals surface area contributed by atoms with E-state index in [9.17, 15) is 20.2 Å². The summed E-state index contributed by atoms with van der Waals surface area (Å²) in [6.45, 7) is 34.3. The number of rotatable bonds is 16. The SMILES string of the molecule is CC(C)c1cc(Cn2cc(CN3c4ccccc4C(C)(C)C34C=Cc3cc([N+](=O)[O-])ccc3O4)nn2)cc(C(C)C)c1N1[C]N(c2c(C(C)C)cc(Cn3cc(CN4c5ccccc5C(C)(C)C45C=Cc4cc([N+](=O)[O-])ccc4O5)nn3)cc2C(C)C)CC1. The van der Waals surface area contributed by atoms with Gasteiger partial charge in [0.2, 0.25) is 18.1 Å². The number of nitrogens with zero attached hydrogens (tertiary/aromatic N) is 12. The Hall–Kier alpha value is -9.32. The summed E-state index contributed by atoms with van der Waals surface area (Å²) in [6, 6.07) is 35.6. The van der Waals surface area contributed by atoms with Crippen molar-refractivity contribution < 1.29 is 19.3 Å². The van der Waals surface area contributed by atoms with Crippen LogP contribution in [0.4, 0.5) is 34.1 Å². The fourth-order valence-electron chi connectivity index (χ4n) is 14.3. The van der Waals surface area contributed by atoms with Crippen molar-refractivity contribution in [3.8, 4) is 11.5 Å². The summed E-state index contributed by atoms with van der Waals surface area (Å²) in [5, 5.41) is 42.3. The first kappa shape index (κ1) is 58.7. The van der Waals surface area contributed by atoms with E-state index in [2.05, 4.69) is 170 Å². The topological polar surface area (TPSA) is 179 Å². The quantitative estimate of drug-likeness (QED) is 0.0659. The number of fused-ring (bicyclic) bond motifs is 4. The Balaban J connectivity index is 0.740. The third kappa shape index (κ3) is 9.76.